The summed E-state index contributed by atoms with van der Waals surface area (Å²) < 4.78 is 24.2. The minimum atomic E-state index is -3.00. The molecule has 0 aliphatic carbocycles. The van der Waals surface area contributed by atoms with Gasteiger partial charge in [0.15, 0.2) is 14.8 Å². The Balaban J connectivity index is 1.88. The molecule has 112 valence electrons. The molecular weight excluding hydrogens is 308 g/mol. The van der Waals surface area contributed by atoms with Crippen molar-refractivity contribution in [3.63, 3.8) is 0 Å². The van der Waals surface area contributed by atoms with E-state index in [9.17, 15) is 13.2 Å². The number of aromatic nitrogens is 1. The van der Waals surface area contributed by atoms with E-state index in [1.807, 2.05) is 31.2 Å². The highest BCUT2D eigenvalue weighted by molar-refractivity contribution is 7.91. The third-order valence-corrected chi connectivity index (χ3v) is 6.50. The van der Waals surface area contributed by atoms with E-state index in [-0.39, 0.29) is 23.5 Å². The van der Waals surface area contributed by atoms with Gasteiger partial charge in [-0.15, -0.1) is 11.3 Å². The number of para-hydroxylation sites is 1. The van der Waals surface area contributed by atoms with Gasteiger partial charge in [-0.1, -0.05) is 12.1 Å². The summed E-state index contributed by atoms with van der Waals surface area (Å²) in [7, 11) is -3.00. The fraction of sp³-hybridized carbons (Fsp3) is 0.429. The zero-order valence-electron chi connectivity index (χ0n) is 11.7. The summed E-state index contributed by atoms with van der Waals surface area (Å²) in [6, 6.07) is 7.38. The van der Waals surface area contributed by atoms with Crippen molar-refractivity contribution in [3.05, 3.63) is 29.3 Å². The molecule has 1 aromatic heterocycles. The van der Waals surface area contributed by atoms with E-state index in [1.54, 1.807) is 4.90 Å². The largest absolute Gasteiger partial charge is 0.333 e. The Morgan fingerprint density at radius 3 is 2.81 bits per heavy atom. The van der Waals surface area contributed by atoms with Gasteiger partial charge in [0.2, 0.25) is 0 Å². The van der Waals surface area contributed by atoms with Gasteiger partial charge >= 0.3 is 0 Å². The Morgan fingerprint density at radius 2 is 2.19 bits per heavy atom. The second-order valence-electron chi connectivity index (χ2n) is 5.13. The summed E-state index contributed by atoms with van der Waals surface area (Å²) in [6.45, 7) is 2.37. The molecule has 0 saturated carbocycles. The van der Waals surface area contributed by atoms with Gasteiger partial charge < -0.3 is 4.90 Å². The maximum absolute atomic E-state index is 12.6. The lowest BCUT2D eigenvalue weighted by atomic mass is 10.2. The molecule has 1 unspecified atom stereocenters. The molecule has 0 N–H and O–H groups in total. The van der Waals surface area contributed by atoms with Crippen molar-refractivity contribution in [3.8, 4) is 0 Å². The predicted octanol–water partition coefficient (Wildman–Crippen LogP) is 1.95. The number of fused-ring (bicyclic) bond motifs is 1. The molecule has 0 spiro atoms. The Labute approximate surface area is 127 Å². The van der Waals surface area contributed by atoms with Crippen LogP contribution < -0.4 is 0 Å². The van der Waals surface area contributed by atoms with Gasteiger partial charge in [0, 0.05) is 12.6 Å². The second-order valence-corrected chi connectivity index (χ2v) is 8.39. The van der Waals surface area contributed by atoms with Crippen molar-refractivity contribution in [2.24, 2.45) is 0 Å². The SMILES string of the molecule is CCN(C(=O)c1nc2ccccc2s1)C1CCS(=O)(=O)C1. The number of benzene rings is 1. The summed E-state index contributed by atoms with van der Waals surface area (Å²) >= 11 is 1.36. The third-order valence-electron chi connectivity index (χ3n) is 3.73. The Hall–Kier alpha value is -1.47. The van der Waals surface area contributed by atoms with Gasteiger partial charge in [0.25, 0.3) is 5.91 Å². The van der Waals surface area contributed by atoms with E-state index in [2.05, 4.69) is 4.98 Å². The molecule has 21 heavy (non-hydrogen) atoms. The molecule has 0 bridgehead atoms. The molecule has 7 heteroatoms. The van der Waals surface area contributed by atoms with E-state index < -0.39 is 9.84 Å². The van der Waals surface area contributed by atoms with Crippen LogP contribution in [0.15, 0.2) is 24.3 Å². The average molecular weight is 324 g/mol. The monoisotopic (exact) mass is 324 g/mol. The lowest BCUT2D eigenvalue weighted by Crippen LogP contribution is -2.40. The first-order valence-corrected chi connectivity index (χ1v) is 9.51. The number of hydrogen-bond donors (Lipinski definition) is 0. The first-order valence-electron chi connectivity index (χ1n) is 6.87. The van der Waals surface area contributed by atoms with Crippen LogP contribution >= 0.6 is 11.3 Å². The quantitative estimate of drug-likeness (QED) is 0.865. The normalized spacial score (nSPS) is 20.7. The fourth-order valence-corrected chi connectivity index (χ4v) is 5.33. The molecule has 1 atom stereocenters. The molecule has 1 amide bonds. The van der Waals surface area contributed by atoms with Crippen LogP contribution in [-0.4, -0.2) is 48.3 Å². The number of sulfone groups is 1. The van der Waals surface area contributed by atoms with E-state index >= 15 is 0 Å². The lowest BCUT2D eigenvalue weighted by Gasteiger charge is -2.25. The number of carbonyl (C=O) groups is 1. The summed E-state index contributed by atoms with van der Waals surface area (Å²) in [5.74, 6) is 0.0690. The van der Waals surface area contributed by atoms with Crippen molar-refractivity contribution in [2.75, 3.05) is 18.1 Å². The molecule has 5 nitrogen and oxygen atoms in total. The summed E-state index contributed by atoms with van der Waals surface area (Å²) in [4.78, 5) is 18.6. The highest BCUT2D eigenvalue weighted by Crippen LogP contribution is 2.25. The van der Waals surface area contributed by atoms with Gasteiger partial charge in [-0.3, -0.25) is 4.79 Å². The maximum Gasteiger partial charge on any atom is 0.283 e. The number of thiazole rings is 1. The maximum atomic E-state index is 12.6. The topological polar surface area (TPSA) is 67.3 Å². The summed E-state index contributed by atoms with van der Waals surface area (Å²) in [5.41, 5.74) is 0.806. The smallest absolute Gasteiger partial charge is 0.283 e. The third kappa shape index (κ3) is 2.80. The van der Waals surface area contributed by atoms with Crippen LogP contribution in [0.25, 0.3) is 10.2 Å². The van der Waals surface area contributed by atoms with Crippen LogP contribution in [0.4, 0.5) is 0 Å². The molecule has 1 fully saturated rings. The van der Waals surface area contributed by atoms with Gasteiger partial charge in [0.05, 0.1) is 21.7 Å². The van der Waals surface area contributed by atoms with Crippen LogP contribution in [0.5, 0.6) is 0 Å². The van der Waals surface area contributed by atoms with E-state index in [0.717, 1.165) is 10.2 Å². The van der Waals surface area contributed by atoms with Crippen LogP contribution in [0, 0.1) is 0 Å². The Bertz CT molecular complexity index is 749. The van der Waals surface area contributed by atoms with Gasteiger partial charge in [-0.25, -0.2) is 13.4 Å². The first kappa shape index (κ1) is 14.5. The first-order chi connectivity index (χ1) is 10.00. The average Bonchev–Trinajstić information content (AvgIpc) is 3.02. The number of nitrogens with zero attached hydrogens (tertiary/aromatic N) is 2. The minimum absolute atomic E-state index is 0.0669. The standard InChI is InChI=1S/C14H16N2O3S2/c1-2-16(10-7-8-21(18,19)9-10)14(17)13-15-11-5-3-4-6-12(11)20-13/h3-6,10H,2,7-9H2,1H3. The van der Waals surface area contributed by atoms with Crippen molar-refractivity contribution >= 4 is 37.3 Å². The molecular formula is C14H16N2O3S2. The van der Waals surface area contributed by atoms with Crippen LogP contribution in [0.1, 0.15) is 23.1 Å². The minimum Gasteiger partial charge on any atom is -0.333 e. The van der Waals surface area contributed by atoms with Gasteiger partial charge in [0.1, 0.15) is 0 Å². The molecule has 2 aromatic rings. The van der Waals surface area contributed by atoms with Crippen LogP contribution in [-0.2, 0) is 9.84 Å². The van der Waals surface area contributed by atoms with E-state index in [1.165, 1.54) is 11.3 Å². The molecule has 1 aliphatic heterocycles. The van der Waals surface area contributed by atoms with Crippen molar-refractivity contribution in [1.82, 2.24) is 9.88 Å². The van der Waals surface area contributed by atoms with E-state index in [0.29, 0.717) is 18.0 Å². The highest BCUT2D eigenvalue weighted by Gasteiger charge is 2.35. The van der Waals surface area contributed by atoms with E-state index in [4.69, 9.17) is 0 Å². The Kier molecular flexibility index (Phi) is 3.71. The van der Waals surface area contributed by atoms with Crippen molar-refractivity contribution < 1.29 is 13.2 Å². The molecule has 1 saturated heterocycles. The molecule has 1 aliphatic rings. The van der Waals surface area contributed by atoms with Gasteiger partial charge in [-0.05, 0) is 25.5 Å². The zero-order valence-corrected chi connectivity index (χ0v) is 13.3. The molecule has 1 aromatic carbocycles. The number of carbonyl (C=O) groups excluding carboxylic acids is 1. The molecule has 2 heterocycles. The highest BCUT2D eigenvalue weighted by atomic mass is 32.2. The number of amides is 1. The Morgan fingerprint density at radius 1 is 1.43 bits per heavy atom. The van der Waals surface area contributed by atoms with Gasteiger partial charge in [-0.2, -0.15) is 0 Å². The molecule has 0 radical (unpaired) electrons. The lowest BCUT2D eigenvalue weighted by molar-refractivity contribution is 0.0708. The second kappa shape index (κ2) is 5.38. The zero-order chi connectivity index (χ0) is 15.0. The van der Waals surface area contributed by atoms with Crippen molar-refractivity contribution in [2.45, 2.75) is 19.4 Å². The van der Waals surface area contributed by atoms with Crippen LogP contribution in [0.2, 0.25) is 0 Å². The summed E-state index contributed by atoms with van der Waals surface area (Å²) in [5, 5.41) is 0.433. The molecule has 3 rings (SSSR count). The van der Waals surface area contributed by atoms with Crippen molar-refractivity contribution in [1.29, 1.82) is 0 Å². The number of rotatable bonds is 3. The fourth-order valence-electron chi connectivity index (χ4n) is 2.68. The predicted molar refractivity (Wildman–Crippen MR) is 83.4 cm³/mol. The number of hydrogen-bond acceptors (Lipinski definition) is 5. The summed E-state index contributed by atoms with van der Waals surface area (Å²) in [6.07, 6.45) is 0.521. The van der Waals surface area contributed by atoms with Crippen LogP contribution in [0.3, 0.4) is 0 Å².